The van der Waals surface area contributed by atoms with Crippen molar-refractivity contribution in [2.24, 2.45) is 11.8 Å². The SMILES string of the molecule is COC1CC2CNCC2C1.Cl. The molecule has 0 amide bonds. The lowest BCUT2D eigenvalue weighted by Crippen LogP contribution is -2.15. The van der Waals surface area contributed by atoms with E-state index in [0.29, 0.717) is 6.10 Å². The Morgan fingerprint density at radius 3 is 2.18 bits per heavy atom. The first-order chi connectivity index (χ1) is 4.90. The van der Waals surface area contributed by atoms with Crippen LogP contribution in [0.15, 0.2) is 0 Å². The molecule has 2 fully saturated rings. The van der Waals surface area contributed by atoms with Crippen molar-refractivity contribution in [3.05, 3.63) is 0 Å². The summed E-state index contributed by atoms with van der Waals surface area (Å²) in [4.78, 5) is 0. The van der Waals surface area contributed by atoms with Gasteiger partial charge in [0.15, 0.2) is 0 Å². The van der Waals surface area contributed by atoms with E-state index in [4.69, 9.17) is 4.74 Å². The third-order valence-electron chi connectivity index (χ3n) is 2.94. The van der Waals surface area contributed by atoms with Gasteiger partial charge in [-0.2, -0.15) is 0 Å². The molecule has 1 aliphatic heterocycles. The van der Waals surface area contributed by atoms with Crippen LogP contribution in [-0.4, -0.2) is 26.3 Å². The number of hydrogen-bond acceptors (Lipinski definition) is 2. The highest BCUT2D eigenvalue weighted by atomic mass is 35.5. The van der Waals surface area contributed by atoms with Crippen LogP contribution in [0.1, 0.15) is 12.8 Å². The lowest BCUT2D eigenvalue weighted by molar-refractivity contribution is 0.102. The molecule has 0 radical (unpaired) electrons. The molecule has 0 aromatic heterocycles. The largest absolute Gasteiger partial charge is 0.381 e. The van der Waals surface area contributed by atoms with Crippen LogP contribution in [0.4, 0.5) is 0 Å². The molecule has 0 bridgehead atoms. The van der Waals surface area contributed by atoms with Gasteiger partial charge in [-0.15, -0.1) is 12.4 Å². The summed E-state index contributed by atoms with van der Waals surface area (Å²) in [6.07, 6.45) is 3.14. The van der Waals surface area contributed by atoms with E-state index in [1.807, 2.05) is 7.11 Å². The molecule has 2 aliphatic rings. The minimum absolute atomic E-state index is 0. The minimum atomic E-state index is 0. The van der Waals surface area contributed by atoms with E-state index in [0.717, 1.165) is 11.8 Å². The van der Waals surface area contributed by atoms with Gasteiger partial charge in [0, 0.05) is 7.11 Å². The lowest BCUT2D eigenvalue weighted by atomic mass is 10.0. The standard InChI is InChI=1S/C8H15NO.ClH/c1-10-8-2-6-4-9-5-7(6)3-8;/h6-9H,2-5H2,1H3;1H. The molecule has 1 saturated carbocycles. The predicted octanol–water partition coefficient (Wildman–Crippen LogP) is 1.05. The zero-order valence-corrected chi connectivity index (χ0v) is 7.69. The second-order valence-corrected chi connectivity index (χ2v) is 3.51. The summed E-state index contributed by atoms with van der Waals surface area (Å²) < 4.78 is 5.32. The number of methoxy groups -OCH3 is 1. The molecule has 0 aromatic rings. The van der Waals surface area contributed by atoms with Crippen LogP contribution in [0.25, 0.3) is 0 Å². The van der Waals surface area contributed by atoms with Gasteiger partial charge in [0.05, 0.1) is 6.10 Å². The second kappa shape index (κ2) is 3.74. The van der Waals surface area contributed by atoms with Crippen molar-refractivity contribution in [2.75, 3.05) is 20.2 Å². The minimum Gasteiger partial charge on any atom is -0.381 e. The van der Waals surface area contributed by atoms with Crippen LogP contribution in [0, 0.1) is 11.8 Å². The number of rotatable bonds is 1. The molecule has 66 valence electrons. The third-order valence-corrected chi connectivity index (χ3v) is 2.94. The van der Waals surface area contributed by atoms with Crippen LogP contribution in [0.5, 0.6) is 0 Å². The molecule has 0 aromatic carbocycles. The molecule has 1 N–H and O–H groups in total. The topological polar surface area (TPSA) is 21.3 Å². The molecule has 1 saturated heterocycles. The van der Waals surface area contributed by atoms with E-state index in [1.165, 1.54) is 25.9 Å². The fourth-order valence-electron chi connectivity index (χ4n) is 2.30. The Labute approximate surface area is 74.1 Å². The Bertz CT molecular complexity index is 119. The first-order valence-electron chi connectivity index (χ1n) is 4.13. The maximum Gasteiger partial charge on any atom is 0.0577 e. The van der Waals surface area contributed by atoms with Gasteiger partial charge in [-0.05, 0) is 37.8 Å². The van der Waals surface area contributed by atoms with E-state index in [1.54, 1.807) is 0 Å². The second-order valence-electron chi connectivity index (χ2n) is 3.51. The van der Waals surface area contributed by atoms with Gasteiger partial charge in [-0.3, -0.25) is 0 Å². The van der Waals surface area contributed by atoms with Crippen LogP contribution in [0.3, 0.4) is 0 Å². The number of hydrogen-bond donors (Lipinski definition) is 1. The molecule has 0 spiro atoms. The first-order valence-corrected chi connectivity index (χ1v) is 4.13. The molecule has 1 heterocycles. The van der Waals surface area contributed by atoms with Crippen molar-refractivity contribution in [3.63, 3.8) is 0 Å². The molecule has 2 unspecified atom stereocenters. The summed E-state index contributed by atoms with van der Waals surface area (Å²) >= 11 is 0. The van der Waals surface area contributed by atoms with Crippen molar-refractivity contribution < 1.29 is 4.74 Å². The summed E-state index contributed by atoms with van der Waals surface area (Å²) in [5, 5.41) is 3.41. The highest BCUT2D eigenvalue weighted by Gasteiger charge is 2.36. The Hall–Kier alpha value is 0.210. The van der Waals surface area contributed by atoms with E-state index < -0.39 is 0 Å². The van der Waals surface area contributed by atoms with Gasteiger partial charge >= 0.3 is 0 Å². The van der Waals surface area contributed by atoms with E-state index in [9.17, 15) is 0 Å². The first kappa shape index (κ1) is 9.30. The molecule has 1 aliphatic carbocycles. The highest BCUT2D eigenvalue weighted by molar-refractivity contribution is 5.85. The van der Waals surface area contributed by atoms with Gasteiger partial charge < -0.3 is 10.1 Å². The average Bonchev–Trinajstić information content (AvgIpc) is 2.42. The van der Waals surface area contributed by atoms with Gasteiger partial charge in [0.1, 0.15) is 0 Å². The average molecular weight is 178 g/mol. The molecule has 3 heteroatoms. The number of ether oxygens (including phenoxy) is 1. The number of fused-ring (bicyclic) bond motifs is 1. The van der Waals surface area contributed by atoms with E-state index >= 15 is 0 Å². The number of nitrogens with one attached hydrogen (secondary N) is 1. The third kappa shape index (κ3) is 1.68. The summed E-state index contributed by atoms with van der Waals surface area (Å²) in [6, 6.07) is 0. The Balaban J connectivity index is 0.000000605. The summed E-state index contributed by atoms with van der Waals surface area (Å²) in [6.45, 7) is 2.45. The summed E-state index contributed by atoms with van der Waals surface area (Å²) in [5.74, 6) is 1.84. The normalized spacial score (nSPS) is 41.7. The molecule has 11 heavy (non-hydrogen) atoms. The van der Waals surface area contributed by atoms with Gasteiger partial charge in [-0.1, -0.05) is 0 Å². The van der Waals surface area contributed by atoms with Crippen molar-refractivity contribution >= 4 is 12.4 Å². The molecule has 2 atom stereocenters. The number of halogens is 1. The summed E-state index contributed by atoms with van der Waals surface area (Å²) in [7, 11) is 1.83. The molecular formula is C8H16ClNO. The Morgan fingerprint density at radius 2 is 1.73 bits per heavy atom. The van der Waals surface area contributed by atoms with Gasteiger partial charge in [-0.25, -0.2) is 0 Å². The van der Waals surface area contributed by atoms with E-state index in [2.05, 4.69) is 5.32 Å². The maximum absolute atomic E-state index is 5.32. The zero-order chi connectivity index (χ0) is 6.97. The van der Waals surface area contributed by atoms with Gasteiger partial charge in [0.25, 0.3) is 0 Å². The summed E-state index contributed by atoms with van der Waals surface area (Å²) in [5.41, 5.74) is 0. The Morgan fingerprint density at radius 1 is 1.18 bits per heavy atom. The van der Waals surface area contributed by atoms with E-state index in [-0.39, 0.29) is 12.4 Å². The maximum atomic E-state index is 5.32. The Kier molecular flexibility index (Phi) is 3.16. The van der Waals surface area contributed by atoms with Crippen LogP contribution < -0.4 is 5.32 Å². The van der Waals surface area contributed by atoms with Crippen molar-refractivity contribution in [1.29, 1.82) is 0 Å². The highest BCUT2D eigenvalue weighted by Crippen LogP contribution is 2.35. The molecule has 2 nitrogen and oxygen atoms in total. The fourth-order valence-corrected chi connectivity index (χ4v) is 2.30. The monoisotopic (exact) mass is 177 g/mol. The van der Waals surface area contributed by atoms with Crippen LogP contribution >= 0.6 is 12.4 Å². The smallest absolute Gasteiger partial charge is 0.0577 e. The zero-order valence-electron chi connectivity index (χ0n) is 6.88. The van der Waals surface area contributed by atoms with Crippen molar-refractivity contribution in [2.45, 2.75) is 18.9 Å². The lowest BCUT2D eigenvalue weighted by Gasteiger charge is -2.07. The van der Waals surface area contributed by atoms with Crippen molar-refractivity contribution in [3.8, 4) is 0 Å². The van der Waals surface area contributed by atoms with Crippen LogP contribution in [0.2, 0.25) is 0 Å². The fraction of sp³-hybridized carbons (Fsp3) is 1.00. The quantitative estimate of drug-likeness (QED) is 0.647. The molecular weight excluding hydrogens is 162 g/mol. The molecule has 2 rings (SSSR count). The van der Waals surface area contributed by atoms with Crippen molar-refractivity contribution in [1.82, 2.24) is 5.32 Å². The van der Waals surface area contributed by atoms with Gasteiger partial charge in [0.2, 0.25) is 0 Å². The van der Waals surface area contributed by atoms with Crippen LogP contribution in [-0.2, 0) is 4.74 Å². The predicted molar refractivity (Wildman–Crippen MR) is 47.1 cm³/mol.